The number of hydrogen-bond acceptors (Lipinski definition) is 5. The minimum atomic E-state index is -0.543. The van der Waals surface area contributed by atoms with Crippen LogP contribution >= 0.6 is 0 Å². The first-order chi connectivity index (χ1) is 21.0. The second-order valence-corrected chi connectivity index (χ2v) is 13.4. The zero-order chi connectivity index (χ0) is 30.8. The van der Waals surface area contributed by atoms with Gasteiger partial charge in [0.15, 0.2) is 5.69 Å². The van der Waals surface area contributed by atoms with Gasteiger partial charge in [0.1, 0.15) is 0 Å². The first-order valence-corrected chi connectivity index (χ1v) is 15.2. The van der Waals surface area contributed by atoms with E-state index in [9.17, 15) is 4.79 Å². The molecule has 1 aliphatic heterocycles. The Bertz CT molecular complexity index is 2060. The molecular formula is C37H38N6O. The number of amides is 1. The summed E-state index contributed by atoms with van der Waals surface area (Å²) < 4.78 is 2.23. The predicted molar refractivity (Wildman–Crippen MR) is 180 cm³/mol. The van der Waals surface area contributed by atoms with Crippen molar-refractivity contribution in [3.8, 4) is 16.8 Å². The molecule has 7 rings (SSSR count). The van der Waals surface area contributed by atoms with Crippen LogP contribution in [-0.4, -0.2) is 49.5 Å². The van der Waals surface area contributed by atoms with Crippen molar-refractivity contribution in [3.05, 3.63) is 97.0 Å². The van der Waals surface area contributed by atoms with Crippen molar-refractivity contribution < 1.29 is 4.79 Å². The summed E-state index contributed by atoms with van der Waals surface area (Å²) in [4.78, 5) is 24.4. The zero-order valence-electron chi connectivity index (χ0n) is 25.9. The molecule has 1 saturated heterocycles. The number of hydrogen-bond donors (Lipinski definition) is 2. The van der Waals surface area contributed by atoms with Crippen LogP contribution in [0.4, 0.5) is 5.69 Å². The molecule has 1 fully saturated rings. The minimum absolute atomic E-state index is 0.0157. The number of fused-ring (bicyclic) bond motifs is 4. The number of aromatic nitrogens is 3. The number of para-hydroxylation sites is 2. The number of nitrogens with zero attached hydrogens (tertiary/aromatic N) is 4. The van der Waals surface area contributed by atoms with E-state index in [2.05, 4.69) is 109 Å². The zero-order valence-corrected chi connectivity index (χ0v) is 25.9. The summed E-state index contributed by atoms with van der Waals surface area (Å²) in [6.45, 7) is 9.08. The lowest BCUT2D eigenvalue weighted by atomic mass is 9.77. The number of benzene rings is 3. The van der Waals surface area contributed by atoms with Gasteiger partial charge in [0, 0.05) is 45.0 Å². The number of primary amides is 1. The van der Waals surface area contributed by atoms with E-state index in [0.29, 0.717) is 5.69 Å². The lowest BCUT2D eigenvalue weighted by Gasteiger charge is -2.54. The van der Waals surface area contributed by atoms with Gasteiger partial charge in [0.25, 0.3) is 5.91 Å². The summed E-state index contributed by atoms with van der Waals surface area (Å²) in [5, 5.41) is 7.09. The van der Waals surface area contributed by atoms with E-state index in [1.54, 1.807) is 6.20 Å². The van der Waals surface area contributed by atoms with E-state index in [1.165, 1.54) is 0 Å². The third kappa shape index (κ3) is 4.59. The quantitative estimate of drug-likeness (QED) is 0.219. The fourth-order valence-corrected chi connectivity index (χ4v) is 7.33. The third-order valence-electron chi connectivity index (χ3n) is 9.63. The maximum atomic E-state index is 12.6. The van der Waals surface area contributed by atoms with Crippen LogP contribution in [0.1, 0.15) is 51.0 Å². The van der Waals surface area contributed by atoms with Crippen LogP contribution in [0.2, 0.25) is 0 Å². The Morgan fingerprint density at radius 1 is 0.864 bits per heavy atom. The molecule has 3 aromatic carbocycles. The molecule has 7 heteroatoms. The molecular weight excluding hydrogens is 544 g/mol. The summed E-state index contributed by atoms with van der Waals surface area (Å²) in [7, 11) is 2.19. The van der Waals surface area contributed by atoms with Crippen LogP contribution in [-0.2, 0) is 0 Å². The molecule has 0 atom stereocenters. The van der Waals surface area contributed by atoms with Crippen LogP contribution in [0.25, 0.3) is 49.5 Å². The van der Waals surface area contributed by atoms with Crippen molar-refractivity contribution in [3.63, 3.8) is 0 Å². The van der Waals surface area contributed by atoms with Gasteiger partial charge in [0.05, 0.1) is 34.1 Å². The fourth-order valence-electron chi connectivity index (χ4n) is 7.33. The summed E-state index contributed by atoms with van der Waals surface area (Å²) in [5.74, 6) is -0.543. The molecule has 3 N–H and O–H groups in total. The first-order valence-electron chi connectivity index (χ1n) is 15.2. The molecule has 0 radical (unpaired) electrons. The van der Waals surface area contributed by atoms with E-state index in [0.717, 1.165) is 62.4 Å². The molecule has 1 amide bonds. The van der Waals surface area contributed by atoms with Gasteiger partial charge in [0.2, 0.25) is 0 Å². The number of carbonyl (C=O) groups excluding carboxylic acids is 1. The molecule has 0 aliphatic carbocycles. The normalized spacial score (nSPS) is 16.9. The highest BCUT2D eigenvalue weighted by atomic mass is 16.1. The topological polar surface area (TPSA) is 89.1 Å². The average Bonchev–Trinajstić information content (AvgIpc) is 3.34. The summed E-state index contributed by atoms with van der Waals surface area (Å²) in [6.07, 6.45) is 5.56. The highest BCUT2D eigenvalue weighted by Gasteiger charge is 2.43. The van der Waals surface area contributed by atoms with E-state index in [1.807, 2.05) is 30.5 Å². The molecule has 222 valence electrons. The van der Waals surface area contributed by atoms with Crippen LogP contribution in [0.15, 0.2) is 91.3 Å². The molecule has 1 aliphatic rings. The maximum Gasteiger partial charge on any atom is 0.269 e. The molecule has 3 aromatic heterocycles. The van der Waals surface area contributed by atoms with Gasteiger partial charge in [-0.2, -0.15) is 0 Å². The molecule has 0 unspecified atom stereocenters. The number of rotatable bonds is 5. The van der Waals surface area contributed by atoms with Gasteiger partial charge in [-0.05, 0) is 83.5 Å². The lowest BCUT2D eigenvalue weighted by molar-refractivity contribution is -0.00768. The number of nitrogens with one attached hydrogen (secondary N) is 1. The van der Waals surface area contributed by atoms with Crippen molar-refractivity contribution in [2.75, 3.05) is 12.4 Å². The van der Waals surface area contributed by atoms with Gasteiger partial charge in [-0.1, -0.05) is 48.5 Å². The van der Waals surface area contributed by atoms with E-state index in [4.69, 9.17) is 10.7 Å². The van der Waals surface area contributed by atoms with Gasteiger partial charge in [-0.15, -0.1) is 0 Å². The summed E-state index contributed by atoms with van der Waals surface area (Å²) in [6, 6.07) is 27.4. The number of anilines is 1. The van der Waals surface area contributed by atoms with Gasteiger partial charge < -0.3 is 15.6 Å². The van der Waals surface area contributed by atoms with E-state index >= 15 is 0 Å². The van der Waals surface area contributed by atoms with Crippen molar-refractivity contribution in [1.29, 1.82) is 0 Å². The SMILES string of the molecule is CN1C(C)(C)CC(Nc2cc(-n3c4ccccc4c4c(-c5cnc6ccccc6c5)cccc43)cnc2C(N)=O)CC1(C)C. The average molecular weight is 583 g/mol. The van der Waals surface area contributed by atoms with Crippen molar-refractivity contribution in [2.24, 2.45) is 5.73 Å². The fraction of sp³-hybridized carbons (Fsp3) is 0.270. The Morgan fingerprint density at radius 3 is 2.34 bits per heavy atom. The number of carbonyl (C=O) groups is 1. The summed E-state index contributed by atoms with van der Waals surface area (Å²) >= 11 is 0. The van der Waals surface area contributed by atoms with Crippen molar-refractivity contribution in [2.45, 2.75) is 57.7 Å². The number of likely N-dealkylation sites (tertiary alicyclic amines) is 1. The molecule has 4 heterocycles. The Morgan fingerprint density at radius 2 is 1.57 bits per heavy atom. The van der Waals surface area contributed by atoms with Gasteiger partial charge >= 0.3 is 0 Å². The highest BCUT2D eigenvalue weighted by Crippen LogP contribution is 2.41. The van der Waals surface area contributed by atoms with Gasteiger partial charge in [-0.3, -0.25) is 14.7 Å². The molecule has 6 aromatic rings. The van der Waals surface area contributed by atoms with Crippen LogP contribution in [0, 0.1) is 0 Å². The van der Waals surface area contributed by atoms with Crippen LogP contribution in [0.3, 0.4) is 0 Å². The Kier molecular flexibility index (Phi) is 6.48. The number of pyridine rings is 2. The molecule has 44 heavy (non-hydrogen) atoms. The van der Waals surface area contributed by atoms with Crippen LogP contribution < -0.4 is 11.1 Å². The molecule has 0 spiro atoms. The Hall–Kier alpha value is -4.75. The predicted octanol–water partition coefficient (Wildman–Crippen LogP) is 7.56. The number of piperidine rings is 1. The molecule has 7 nitrogen and oxygen atoms in total. The lowest BCUT2D eigenvalue weighted by Crippen LogP contribution is -2.61. The Balaban J connectivity index is 1.39. The van der Waals surface area contributed by atoms with Crippen LogP contribution in [0.5, 0.6) is 0 Å². The van der Waals surface area contributed by atoms with E-state index in [-0.39, 0.29) is 22.8 Å². The largest absolute Gasteiger partial charge is 0.380 e. The standard InChI is InChI=1S/C37H38N6O/c1-36(2)19-25(20-37(3,4)42(36)5)41-30-18-26(22-40-34(30)35(38)44)43-31-15-9-7-12-28(31)33-27(13-10-16-32(33)43)24-17-23-11-6-8-14-29(23)39-21-24/h6-18,21-22,25,41H,19-20H2,1-5H3,(H2,38,44). The Labute approximate surface area is 257 Å². The third-order valence-corrected chi connectivity index (χ3v) is 9.63. The molecule has 0 bridgehead atoms. The second-order valence-electron chi connectivity index (χ2n) is 13.4. The van der Waals surface area contributed by atoms with Gasteiger partial charge in [-0.25, -0.2) is 4.98 Å². The highest BCUT2D eigenvalue weighted by molar-refractivity contribution is 6.16. The monoisotopic (exact) mass is 582 g/mol. The van der Waals surface area contributed by atoms with Crippen molar-refractivity contribution >= 4 is 44.3 Å². The maximum absolute atomic E-state index is 12.6. The smallest absolute Gasteiger partial charge is 0.269 e. The molecule has 0 saturated carbocycles. The number of nitrogens with two attached hydrogens (primary N) is 1. The summed E-state index contributed by atoms with van der Waals surface area (Å²) in [5.41, 5.74) is 12.9. The minimum Gasteiger partial charge on any atom is -0.380 e. The second kappa shape index (κ2) is 10.2. The van der Waals surface area contributed by atoms with E-state index < -0.39 is 5.91 Å². The first kappa shape index (κ1) is 28.0. The van der Waals surface area contributed by atoms with Crippen molar-refractivity contribution in [1.82, 2.24) is 19.4 Å².